The van der Waals surface area contributed by atoms with Gasteiger partial charge in [0.25, 0.3) is 5.91 Å². The molecule has 0 saturated heterocycles. The van der Waals surface area contributed by atoms with E-state index in [0.717, 1.165) is 27.6 Å². The number of hydrogen-bond acceptors (Lipinski definition) is 6. The lowest BCUT2D eigenvalue weighted by atomic mass is 9.93. The molecule has 0 aliphatic rings. The van der Waals surface area contributed by atoms with Gasteiger partial charge in [-0.2, -0.15) is 0 Å². The fourth-order valence-electron chi connectivity index (χ4n) is 4.19. The Labute approximate surface area is 195 Å². The van der Waals surface area contributed by atoms with Crippen molar-refractivity contribution in [1.82, 2.24) is 25.0 Å². The number of aromatic nitrogens is 5. The fourth-order valence-corrected chi connectivity index (χ4v) is 4.19. The number of nitrogens with zero attached hydrogens (tertiary/aromatic N) is 4. The fraction of sp³-hybridized carbons (Fsp3) is 0.120. The van der Waals surface area contributed by atoms with E-state index in [2.05, 4.69) is 20.4 Å². The molecule has 5 rings (SSSR count). The average molecular weight is 454 g/mol. The van der Waals surface area contributed by atoms with Gasteiger partial charge in [0.05, 0.1) is 11.9 Å². The molecular formula is C25H23N7O2. The van der Waals surface area contributed by atoms with Crippen molar-refractivity contribution in [3.63, 3.8) is 0 Å². The van der Waals surface area contributed by atoms with Crippen LogP contribution in [0.4, 0.5) is 5.69 Å². The quantitative estimate of drug-likeness (QED) is 0.359. The molecule has 5 aromatic rings. The van der Waals surface area contributed by atoms with Gasteiger partial charge < -0.3 is 20.8 Å². The van der Waals surface area contributed by atoms with Crippen molar-refractivity contribution in [2.75, 3.05) is 5.73 Å². The smallest absolute Gasteiger partial charge is 0.269 e. The van der Waals surface area contributed by atoms with Crippen LogP contribution in [0, 0.1) is 6.92 Å². The molecule has 0 saturated carbocycles. The zero-order chi connectivity index (χ0) is 23.8. The molecule has 2 aromatic carbocycles. The van der Waals surface area contributed by atoms with E-state index >= 15 is 0 Å². The molecule has 0 aliphatic heterocycles. The Morgan fingerprint density at radius 3 is 2.62 bits per heavy atom. The first kappa shape index (κ1) is 21.2. The number of anilines is 1. The summed E-state index contributed by atoms with van der Waals surface area (Å²) in [5.41, 5.74) is 17.8. The Morgan fingerprint density at radius 1 is 1.12 bits per heavy atom. The Bertz CT molecular complexity index is 1510. The number of fused-ring (bicyclic) bond motifs is 1. The predicted molar refractivity (Wildman–Crippen MR) is 130 cm³/mol. The number of ether oxygens (including phenoxy) is 1. The van der Waals surface area contributed by atoms with E-state index in [4.69, 9.17) is 16.2 Å². The van der Waals surface area contributed by atoms with Crippen LogP contribution in [-0.4, -0.2) is 30.9 Å². The van der Waals surface area contributed by atoms with E-state index in [1.807, 2.05) is 73.3 Å². The first-order valence-corrected chi connectivity index (χ1v) is 10.7. The summed E-state index contributed by atoms with van der Waals surface area (Å²) in [6, 6.07) is 15.7. The van der Waals surface area contributed by atoms with Gasteiger partial charge in [-0.15, -0.1) is 5.10 Å². The Hall–Kier alpha value is -4.66. The molecule has 0 unspecified atom stereocenters. The normalized spacial score (nSPS) is 11.1. The molecule has 0 atom stereocenters. The number of pyridine rings is 1. The first-order valence-electron chi connectivity index (χ1n) is 10.7. The van der Waals surface area contributed by atoms with Crippen molar-refractivity contribution in [2.24, 2.45) is 12.8 Å². The summed E-state index contributed by atoms with van der Waals surface area (Å²) in [6.45, 7) is 2.39. The van der Waals surface area contributed by atoms with Gasteiger partial charge in [-0.1, -0.05) is 47.7 Å². The van der Waals surface area contributed by atoms with Crippen LogP contribution in [0.15, 0.2) is 60.9 Å². The van der Waals surface area contributed by atoms with Gasteiger partial charge in [0.2, 0.25) is 0 Å². The highest BCUT2D eigenvalue weighted by Crippen LogP contribution is 2.43. The number of nitrogens with one attached hydrogen (secondary N) is 1. The van der Waals surface area contributed by atoms with E-state index in [1.165, 1.54) is 0 Å². The van der Waals surface area contributed by atoms with Crippen LogP contribution in [-0.2, 0) is 13.7 Å². The second-order valence-electron chi connectivity index (χ2n) is 8.03. The van der Waals surface area contributed by atoms with Crippen LogP contribution < -0.4 is 16.2 Å². The van der Waals surface area contributed by atoms with Gasteiger partial charge >= 0.3 is 0 Å². The van der Waals surface area contributed by atoms with Crippen LogP contribution in [0.25, 0.3) is 33.4 Å². The molecule has 0 aliphatic carbocycles. The minimum absolute atomic E-state index is 0.0189. The lowest BCUT2D eigenvalue weighted by molar-refractivity contribution is 0.0997. The number of nitrogen functional groups attached to an aromatic ring is 1. The molecular weight excluding hydrogens is 430 g/mol. The monoisotopic (exact) mass is 453 g/mol. The van der Waals surface area contributed by atoms with Gasteiger partial charge in [-0.25, -0.2) is 4.98 Å². The molecule has 1 amide bonds. The third-order valence-corrected chi connectivity index (χ3v) is 5.86. The molecule has 34 heavy (non-hydrogen) atoms. The molecule has 0 radical (unpaired) electrons. The largest absolute Gasteiger partial charge is 0.489 e. The minimum Gasteiger partial charge on any atom is -0.489 e. The summed E-state index contributed by atoms with van der Waals surface area (Å²) in [7, 11) is 1.84. The number of rotatable bonds is 6. The van der Waals surface area contributed by atoms with Gasteiger partial charge in [0.1, 0.15) is 23.7 Å². The number of aryl methyl sites for hydroxylation is 1. The number of amides is 1. The standard InChI is InChI=1S/C25H23N7O2/c1-14-16(9-6-10-19(14)34-13-15-7-4-3-5-8-15)20-21-17(18-11-28-31-30-18)12-32(2)25(21)29-23(22(20)26)24(27)33/h3-12H,13,26H2,1-2H3,(H2,27,33)(H,28,30,31). The van der Waals surface area contributed by atoms with Crippen LogP contribution in [0.2, 0.25) is 0 Å². The van der Waals surface area contributed by atoms with Gasteiger partial charge in [-0.3, -0.25) is 9.89 Å². The Morgan fingerprint density at radius 2 is 1.91 bits per heavy atom. The number of hydrogen-bond donors (Lipinski definition) is 3. The molecule has 3 heterocycles. The SMILES string of the molecule is Cc1c(OCc2ccccc2)cccc1-c1c(N)c(C(N)=O)nc2c1c(-c1c[nH]nn1)cn2C. The zero-order valence-electron chi connectivity index (χ0n) is 18.7. The number of H-pyrrole nitrogens is 1. The highest BCUT2D eigenvalue weighted by molar-refractivity contribution is 6.13. The van der Waals surface area contributed by atoms with E-state index in [-0.39, 0.29) is 11.4 Å². The molecule has 0 spiro atoms. The summed E-state index contributed by atoms with van der Waals surface area (Å²) in [6.07, 6.45) is 3.58. The van der Waals surface area contributed by atoms with Crippen LogP contribution in [0.1, 0.15) is 21.6 Å². The van der Waals surface area contributed by atoms with Gasteiger partial charge in [0, 0.05) is 29.8 Å². The maximum atomic E-state index is 12.2. The highest BCUT2D eigenvalue weighted by Gasteiger charge is 2.25. The maximum absolute atomic E-state index is 12.2. The van der Waals surface area contributed by atoms with Crippen LogP contribution in [0.3, 0.4) is 0 Å². The van der Waals surface area contributed by atoms with E-state index in [0.29, 0.717) is 29.3 Å². The second kappa shape index (κ2) is 8.36. The number of benzene rings is 2. The summed E-state index contributed by atoms with van der Waals surface area (Å²) >= 11 is 0. The topological polar surface area (TPSA) is 138 Å². The summed E-state index contributed by atoms with van der Waals surface area (Å²) < 4.78 is 7.96. The van der Waals surface area contributed by atoms with Crippen molar-refractivity contribution in [2.45, 2.75) is 13.5 Å². The average Bonchev–Trinajstić information content (AvgIpc) is 3.47. The zero-order valence-corrected chi connectivity index (χ0v) is 18.7. The second-order valence-corrected chi connectivity index (χ2v) is 8.03. The maximum Gasteiger partial charge on any atom is 0.269 e. The number of primary amides is 1. The lowest BCUT2D eigenvalue weighted by Crippen LogP contribution is -2.17. The molecule has 170 valence electrons. The molecule has 3 aromatic heterocycles. The van der Waals surface area contributed by atoms with E-state index in [1.54, 1.807) is 6.20 Å². The molecule has 5 N–H and O–H groups in total. The van der Waals surface area contributed by atoms with Crippen LogP contribution in [0.5, 0.6) is 5.75 Å². The molecule has 9 heteroatoms. The number of nitrogens with two attached hydrogens (primary N) is 2. The Balaban J connectivity index is 1.73. The number of carbonyl (C=O) groups excluding carboxylic acids is 1. The van der Waals surface area contributed by atoms with Crippen molar-refractivity contribution < 1.29 is 9.53 Å². The van der Waals surface area contributed by atoms with Crippen molar-refractivity contribution >= 4 is 22.6 Å². The van der Waals surface area contributed by atoms with Crippen LogP contribution >= 0.6 is 0 Å². The highest BCUT2D eigenvalue weighted by atomic mass is 16.5. The Kier molecular flexibility index (Phi) is 5.21. The van der Waals surface area contributed by atoms with E-state index in [9.17, 15) is 4.79 Å². The molecule has 9 nitrogen and oxygen atoms in total. The predicted octanol–water partition coefficient (Wildman–Crippen LogP) is 3.59. The third-order valence-electron chi connectivity index (χ3n) is 5.86. The first-order chi connectivity index (χ1) is 16.5. The number of aromatic amines is 1. The van der Waals surface area contributed by atoms with Gasteiger partial charge in [0.15, 0.2) is 5.69 Å². The molecule has 0 bridgehead atoms. The van der Waals surface area contributed by atoms with Crippen molar-refractivity contribution in [1.29, 1.82) is 0 Å². The third kappa shape index (κ3) is 3.53. The van der Waals surface area contributed by atoms with Crippen molar-refractivity contribution in [3.8, 4) is 28.1 Å². The minimum atomic E-state index is -0.695. The summed E-state index contributed by atoms with van der Waals surface area (Å²) in [4.78, 5) is 16.7. The number of carbonyl (C=O) groups is 1. The van der Waals surface area contributed by atoms with Crippen molar-refractivity contribution in [3.05, 3.63) is 77.7 Å². The van der Waals surface area contributed by atoms with E-state index < -0.39 is 5.91 Å². The summed E-state index contributed by atoms with van der Waals surface area (Å²) in [5.74, 6) is 0.0178. The summed E-state index contributed by atoms with van der Waals surface area (Å²) in [5, 5.41) is 11.5. The lowest BCUT2D eigenvalue weighted by Gasteiger charge is -2.17. The van der Waals surface area contributed by atoms with Gasteiger partial charge in [-0.05, 0) is 29.7 Å². The molecule has 0 fully saturated rings.